The van der Waals surface area contributed by atoms with Crippen LogP contribution in [0.1, 0.15) is 30.4 Å². The molecule has 3 rings (SSSR count). The molecule has 0 saturated carbocycles. The maximum atomic E-state index is 12.1. The first-order chi connectivity index (χ1) is 13.3. The van der Waals surface area contributed by atoms with Gasteiger partial charge in [0.1, 0.15) is 5.75 Å². The van der Waals surface area contributed by atoms with Crippen molar-refractivity contribution in [2.45, 2.75) is 19.9 Å². The molecule has 1 aromatic carbocycles. The van der Waals surface area contributed by atoms with E-state index in [9.17, 15) is 14.7 Å². The fourth-order valence-corrected chi connectivity index (χ4v) is 2.83. The van der Waals surface area contributed by atoms with Crippen LogP contribution in [0, 0.1) is 0 Å². The number of methoxy groups -OCH3 is 1. The van der Waals surface area contributed by atoms with Crippen LogP contribution in [-0.2, 0) is 0 Å². The van der Waals surface area contributed by atoms with Crippen LogP contribution in [0.15, 0.2) is 47.4 Å². The minimum absolute atomic E-state index is 0.0756. The topological polar surface area (TPSA) is 120 Å². The number of carboxylic acids is 1. The van der Waals surface area contributed by atoms with E-state index in [1.807, 2.05) is 13.8 Å². The Morgan fingerprint density at radius 3 is 2.50 bits per heavy atom. The predicted octanol–water partition coefficient (Wildman–Crippen LogP) is 2.84. The van der Waals surface area contributed by atoms with Crippen LogP contribution in [-0.4, -0.2) is 32.7 Å². The Kier molecular flexibility index (Phi) is 5.12. The lowest BCUT2D eigenvalue weighted by Gasteiger charge is -2.15. The van der Waals surface area contributed by atoms with Gasteiger partial charge in [-0.25, -0.2) is 14.8 Å². The molecule has 2 aromatic heterocycles. The molecular formula is C20H20N4O4. The van der Waals surface area contributed by atoms with Crippen LogP contribution in [0.4, 0.5) is 5.82 Å². The Labute approximate surface area is 161 Å². The highest BCUT2D eigenvalue weighted by Gasteiger charge is 2.20. The smallest absolute Gasteiger partial charge is 0.358 e. The van der Waals surface area contributed by atoms with E-state index in [-0.39, 0.29) is 23.1 Å². The van der Waals surface area contributed by atoms with Crippen LogP contribution in [0.3, 0.4) is 0 Å². The van der Waals surface area contributed by atoms with Gasteiger partial charge in [-0.2, -0.15) is 0 Å². The molecule has 0 fully saturated rings. The predicted molar refractivity (Wildman–Crippen MR) is 105 cm³/mol. The molecular weight excluding hydrogens is 360 g/mol. The lowest BCUT2D eigenvalue weighted by atomic mass is 10.0. The zero-order valence-electron chi connectivity index (χ0n) is 15.7. The Hall–Kier alpha value is -3.68. The van der Waals surface area contributed by atoms with Crippen LogP contribution < -0.4 is 16.0 Å². The van der Waals surface area contributed by atoms with Crippen molar-refractivity contribution in [3.05, 3.63) is 58.6 Å². The third-order valence-corrected chi connectivity index (χ3v) is 4.24. The number of nitrogen functional groups attached to an aromatic ring is 1. The van der Waals surface area contributed by atoms with Gasteiger partial charge in [-0.15, -0.1) is 0 Å². The minimum Gasteiger partial charge on any atom is -0.497 e. The molecule has 8 heteroatoms. The highest BCUT2D eigenvalue weighted by atomic mass is 16.5. The van der Waals surface area contributed by atoms with Gasteiger partial charge in [0.25, 0.3) is 5.56 Å². The van der Waals surface area contributed by atoms with Crippen LogP contribution in [0.2, 0.25) is 0 Å². The first-order valence-electron chi connectivity index (χ1n) is 8.59. The average Bonchev–Trinajstić information content (AvgIpc) is 2.67. The van der Waals surface area contributed by atoms with Crippen molar-refractivity contribution < 1.29 is 14.6 Å². The summed E-state index contributed by atoms with van der Waals surface area (Å²) in [4.78, 5) is 32.2. The van der Waals surface area contributed by atoms with E-state index in [1.165, 1.54) is 6.07 Å². The summed E-state index contributed by atoms with van der Waals surface area (Å²) in [5.41, 5.74) is 7.26. The number of hydrogen-bond donors (Lipinski definition) is 2. The maximum Gasteiger partial charge on any atom is 0.358 e. The van der Waals surface area contributed by atoms with Crippen molar-refractivity contribution in [2.24, 2.45) is 0 Å². The van der Waals surface area contributed by atoms with Gasteiger partial charge in [0.2, 0.25) is 0 Å². The van der Waals surface area contributed by atoms with Crippen LogP contribution in [0.25, 0.3) is 22.5 Å². The molecule has 0 radical (unpaired) electrons. The SMILES string of the molecule is COc1cccc(-c2nc(N)c(C(=O)O)nc2-c2ccc(=O)n(C(C)C)c2)c1. The molecule has 0 amide bonds. The summed E-state index contributed by atoms with van der Waals surface area (Å²) in [6, 6.07) is 10.1. The number of rotatable bonds is 5. The fourth-order valence-electron chi connectivity index (χ4n) is 2.83. The van der Waals surface area contributed by atoms with Crippen molar-refractivity contribution in [2.75, 3.05) is 12.8 Å². The Bertz CT molecular complexity index is 1110. The summed E-state index contributed by atoms with van der Waals surface area (Å²) in [5.74, 6) is -0.856. The Morgan fingerprint density at radius 2 is 1.86 bits per heavy atom. The molecule has 0 aliphatic carbocycles. The average molecular weight is 380 g/mol. The van der Waals surface area contributed by atoms with Crippen molar-refractivity contribution in [1.82, 2.24) is 14.5 Å². The molecule has 0 bridgehead atoms. The number of benzene rings is 1. The zero-order chi connectivity index (χ0) is 20.4. The molecule has 3 aromatic rings. The number of carbonyl (C=O) groups is 1. The number of ether oxygens (including phenoxy) is 1. The number of nitrogens with zero attached hydrogens (tertiary/aromatic N) is 3. The van der Waals surface area contributed by atoms with Gasteiger partial charge in [0, 0.05) is 29.4 Å². The first kappa shape index (κ1) is 19.1. The molecule has 0 atom stereocenters. The molecule has 0 unspecified atom stereocenters. The molecule has 0 aliphatic rings. The van der Waals surface area contributed by atoms with Gasteiger partial charge < -0.3 is 20.1 Å². The molecule has 144 valence electrons. The quantitative estimate of drug-likeness (QED) is 0.698. The summed E-state index contributed by atoms with van der Waals surface area (Å²) in [6.07, 6.45) is 1.64. The van der Waals surface area contributed by atoms with Gasteiger partial charge in [0.15, 0.2) is 11.5 Å². The second-order valence-electron chi connectivity index (χ2n) is 6.45. The number of aromatic carboxylic acids is 1. The van der Waals surface area contributed by atoms with E-state index in [0.29, 0.717) is 28.3 Å². The van der Waals surface area contributed by atoms with Crippen molar-refractivity contribution in [3.63, 3.8) is 0 Å². The van der Waals surface area contributed by atoms with Crippen molar-refractivity contribution in [3.8, 4) is 28.3 Å². The van der Waals surface area contributed by atoms with Crippen LogP contribution in [0.5, 0.6) is 5.75 Å². The van der Waals surface area contributed by atoms with Gasteiger partial charge >= 0.3 is 5.97 Å². The minimum atomic E-state index is -1.28. The van der Waals surface area contributed by atoms with Gasteiger partial charge in [-0.3, -0.25) is 4.79 Å². The number of anilines is 1. The van der Waals surface area contributed by atoms with Crippen molar-refractivity contribution in [1.29, 1.82) is 0 Å². The molecule has 0 aliphatic heterocycles. The summed E-state index contributed by atoms with van der Waals surface area (Å²) in [7, 11) is 1.55. The maximum absolute atomic E-state index is 12.1. The van der Waals surface area contributed by atoms with E-state index in [0.717, 1.165) is 0 Å². The van der Waals surface area contributed by atoms with E-state index in [4.69, 9.17) is 10.5 Å². The van der Waals surface area contributed by atoms with E-state index in [2.05, 4.69) is 9.97 Å². The molecule has 0 saturated heterocycles. The molecule has 8 nitrogen and oxygen atoms in total. The van der Waals surface area contributed by atoms with E-state index in [1.54, 1.807) is 48.2 Å². The zero-order valence-corrected chi connectivity index (χ0v) is 15.7. The highest BCUT2D eigenvalue weighted by Crippen LogP contribution is 2.32. The van der Waals surface area contributed by atoms with E-state index < -0.39 is 5.97 Å². The molecule has 3 N–H and O–H groups in total. The highest BCUT2D eigenvalue weighted by molar-refractivity contribution is 5.93. The summed E-state index contributed by atoms with van der Waals surface area (Å²) in [5, 5.41) is 9.41. The van der Waals surface area contributed by atoms with Gasteiger partial charge in [-0.05, 0) is 32.0 Å². The third-order valence-electron chi connectivity index (χ3n) is 4.24. The number of pyridine rings is 1. The summed E-state index contributed by atoms with van der Waals surface area (Å²) < 4.78 is 6.81. The van der Waals surface area contributed by atoms with Crippen molar-refractivity contribution >= 4 is 11.8 Å². The number of aromatic nitrogens is 3. The normalized spacial score (nSPS) is 10.9. The Morgan fingerprint density at radius 1 is 1.14 bits per heavy atom. The van der Waals surface area contributed by atoms with Crippen LogP contribution >= 0.6 is 0 Å². The number of hydrogen-bond acceptors (Lipinski definition) is 6. The monoisotopic (exact) mass is 380 g/mol. The second kappa shape index (κ2) is 7.51. The Balaban J connectivity index is 2.32. The lowest BCUT2D eigenvalue weighted by Crippen LogP contribution is -2.20. The first-order valence-corrected chi connectivity index (χ1v) is 8.59. The molecule has 2 heterocycles. The van der Waals surface area contributed by atoms with Gasteiger partial charge in [0.05, 0.1) is 18.5 Å². The van der Waals surface area contributed by atoms with Gasteiger partial charge in [-0.1, -0.05) is 12.1 Å². The number of nitrogens with two attached hydrogens (primary N) is 1. The molecule has 28 heavy (non-hydrogen) atoms. The van der Waals surface area contributed by atoms with E-state index >= 15 is 0 Å². The largest absolute Gasteiger partial charge is 0.497 e. The summed E-state index contributed by atoms with van der Waals surface area (Å²) >= 11 is 0. The second-order valence-corrected chi connectivity index (χ2v) is 6.45. The summed E-state index contributed by atoms with van der Waals surface area (Å²) in [6.45, 7) is 3.76. The standard InChI is InChI=1S/C20H20N4O4/c1-11(2)24-10-13(7-8-15(24)25)17-16(12-5-4-6-14(9-12)28-3)23-19(21)18(22-17)20(26)27/h4-11H,1-3H3,(H2,21,23)(H,26,27). The molecule has 0 spiro atoms. The lowest BCUT2D eigenvalue weighted by molar-refractivity contribution is 0.0691. The third kappa shape index (κ3) is 3.57. The fraction of sp³-hybridized carbons (Fsp3) is 0.200. The number of carboxylic acid groups (broad SMARTS) is 1.